The largest absolute Gasteiger partial charge is 0.335 e. The fourth-order valence-electron chi connectivity index (χ4n) is 3.21. The Hall–Kier alpha value is -2.11. The van der Waals surface area contributed by atoms with Crippen LogP contribution in [0.1, 0.15) is 29.7 Å². The minimum Gasteiger partial charge on any atom is -0.335 e. The number of aromatic nitrogens is 4. The molecule has 138 valence electrons. The Morgan fingerprint density at radius 2 is 1.88 bits per heavy atom. The molecule has 1 unspecified atom stereocenters. The van der Waals surface area contributed by atoms with Crippen molar-refractivity contribution < 1.29 is 0 Å². The molecule has 2 heterocycles. The average molecular weight is 372 g/mol. The first-order valence-corrected chi connectivity index (χ1v) is 9.33. The van der Waals surface area contributed by atoms with E-state index in [4.69, 9.17) is 16.7 Å². The number of aryl methyl sites for hydroxylation is 2. The third kappa shape index (κ3) is 4.17. The van der Waals surface area contributed by atoms with Crippen LogP contribution in [0.5, 0.6) is 0 Å². The van der Waals surface area contributed by atoms with Gasteiger partial charge in [-0.15, -0.1) is 0 Å². The van der Waals surface area contributed by atoms with E-state index in [1.807, 2.05) is 48.3 Å². The van der Waals surface area contributed by atoms with Crippen molar-refractivity contribution in [1.29, 1.82) is 0 Å². The first-order valence-electron chi connectivity index (χ1n) is 8.95. The molecule has 3 aromatic rings. The lowest BCUT2D eigenvalue weighted by atomic mass is 10.1. The lowest BCUT2D eigenvalue weighted by Gasteiger charge is -2.14. The standard InChI is InChI=1S/C20H26ClN5/c1-14(13-25-10-9-23-17(25)4)11-22-12-20-15(2)24-26(16(20)3)19-7-5-18(21)6-8-19/h5-10,14,22H,11-13H2,1-4H3. The van der Waals surface area contributed by atoms with Crippen molar-refractivity contribution >= 4 is 11.6 Å². The van der Waals surface area contributed by atoms with E-state index in [0.717, 1.165) is 47.6 Å². The Balaban J connectivity index is 1.61. The molecule has 0 aliphatic rings. The van der Waals surface area contributed by atoms with E-state index in [2.05, 4.69) is 35.6 Å². The summed E-state index contributed by atoms with van der Waals surface area (Å²) in [5, 5.41) is 9.02. The summed E-state index contributed by atoms with van der Waals surface area (Å²) in [6.45, 7) is 11.2. The van der Waals surface area contributed by atoms with Gasteiger partial charge in [-0.05, 0) is 57.5 Å². The third-order valence-electron chi connectivity index (χ3n) is 4.74. The topological polar surface area (TPSA) is 47.7 Å². The van der Waals surface area contributed by atoms with Crippen molar-refractivity contribution in [2.75, 3.05) is 6.54 Å². The first kappa shape index (κ1) is 18.7. The summed E-state index contributed by atoms with van der Waals surface area (Å²) < 4.78 is 4.18. The minimum atomic E-state index is 0.523. The Morgan fingerprint density at radius 1 is 1.15 bits per heavy atom. The molecule has 26 heavy (non-hydrogen) atoms. The van der Waals surface area contributed by atoms with Crippen LogP contribution in [0.25, 0.3) is 5.69 Å². The summed E-state index contributed by atoms with van der Waals surface area (Å²) in [5.74, 6) is 1.59. The molecule has 0 saturated heterocycles. The highest BCUT2D eigenvalue weighted by Crippen LogP contribution is 2.19. The average Bonchev–Trinajstić information content (AvgIpc) is 3.13. The van der Waals surface area contributed by atoms with Crippen molar-refractivity contribution in [3.05, 3.63) is 64.5 Å². The van der Waals surface area contributed by atoms with Gasteiger partial charge in [0, 0.05) is 41.8 Å². The highest BCUT2D eigenvalue weighted by molar-refractivity contribution is 6.30. The van der Waals surface area contributed by atoms with Crippen LogP contribution in [-0.4, -0.2) is 25.9 Å². The van der Waals surface area contributed by atoms with Crippen molar-refractivity contribution in [3.63, 3.8) is 0 Å². The van der Waals surface area contributed by atoms with Gasteiger partial charge in [-0.2, -0.15) is 5.10 Å². The molecule has 0 fully saturated rings. The smallest absolute Gasteiger partial charge is 0.105 e. The number of benzene rings is 1. The molecular weight excluding hydrogens is 346 g/mol. The number of nitrogens with one attached hydrogen (secondary N) is 1. The number of halogens is 1. The zero-order valence-electron chi connectivity index (χ0n) is 15.8. The van der Waals surface area contributed by atoms with Gasteiger partial charge in [0.25, 0.3) is 0 Å². The highest BCUT2D eigenvalue weighted by Gasteiger charge is 2.13. The fourth-order valence-corrected chi connectivity index (χ4v) is 3.33. The van der Waals surface area contributed by atoms with Crippen molar-refractivity contribution in [2.45, 2.75) is 40.8 Å². The molecule has 0 radical (unpaired) electrons. The first-order chi connectivity index (χ1) is 12.5. The van der Waals surface area contributed by atoms with E-state index in [1.165, 1.54) is 5.56 Å². The normalized spacial score (nSPS) is 12.5. The number of nitrogens with zero attached hydrogens (tertiary/aromatic N) is 4. The Bertz CT molecular complexity index is 863. The number of hydrogen-bond acceptors (Lipinski definition) is 3. The maximum Gasteiger partial charge on any atom is 0.105 e. The van der Waals surface area contributed by atoms with Gasteiger partial charge in [-0.25, -0.2) is 9.67 Å². The Labute approximate surface area is 160 Å². The molecule has 0 saturated carbocycles. The SMILES string of the molecule is Cc1nn(-c2ccc(Cl)cc2)c(C)c1CNCC(C)Cn1ccnc1C. The molecular formula is C20H26ClN5. The van der Waals surface area contributed by atoms with Crippen LogP contribution in [-0.2, 0) is 13.1 Å². The van der Waals surface area contributed by atoms with Crippen LogP contribution in [0.4, 0.5) is 0 Å². The van der Waals surface area contributed by atoms with Gasteiger partial charge >= 0.3 is 0 Å². The van der Waals surface area contributed by atoms with Crippen molar-refractivity contribution in [1.82, 2.24) is 24.6 Å². The second-order valence-electron chi connectivity index (χ2n) is 6.90. The van der Waals surface area contributed by atoms with Gasteiger partial charge in [0.05, 0.1) is 11.4 Å². The molecule has 0 amide bonds. The van der Waals surface area contributed by atoms with E-state index in [1.54, 1.807) is 0 Å². The van der Waals surface area contributed by atoms with Crippen LogP contribution in [0.3, 0.4) is 0 Å². The Kier molecular flexibility index (Phi) is 5.79. The van der Waals surface area contributed by atoms with Gasteiger partial charge in [0.2, 0.25) is 0 Å². The minimum absolute atomic E-state index is 0.523. The van der Waals surface area contributed by atoms with Crippen molar-refractivity contribution in [2.24, 2.45) is 5.92 Å². The molecule has 0 aliphatic heterocycles. The van der Waals surface area contributed by atoms with Gasteiger partial charge in [-0.3, -0.25) is 0 Å². The van der Waals surface area contributed by atoms with Gasteiger partial charge < -0.3 is 9.88 Å². The summed E-state index contributed by atoms with van der Waals surface area (Å²) >= 11 is 5.99. The van der Waals surface area contributed by atoms with E-state index < -0.39 is 0 Å². The van der Waals surface area contributed by atoms with E-state index in [0.29, 0.717) is 5.92 Å². The zero-order valence-corrected chi connectivity index (χ0v) is 16.6. The third-order valence-corrected chi connectivity index (χ3v) is 4.99. The quantitative estimate of drug-likeness (QED) is 0.680. The lowest BCUT2D eigenvalue weighted by Crippen LogP contribution is -2.24. The lowest BCUT2D eigenvalue weighted by molar-refractivity contribution is 0.440. The zero-order chi connectivity index (χ0) is 18.7. The van der Waals surface area contributed by atoms with Crippen LogP contribution < -0.4 is 5.32 Å². The summed E-state index contributed by atoms with van der Waals surface area (Å²) in [6.07, 6.45) is 3.89. The number of imidazole rings is 1. The van der Waals surface area contributed by atoms with E-state index >= 15 is 0 Å². The van der Waals surface area contributed by atoms with Gasteiger partial charge in [0.15, 0.2) is 0 Å². The number of hydrogen-bond donors (Lipinski definition) is 1. The molecule has 0 spiro atoms. The monoisotopic (exact) mass is 371 g/mol. The molecule has 1 aromatic carbocycles. The second-order valence-corrected chi connectivity index (χ2v) is 7.34. The number of rotatable bonds is 7. The van der Waals surface area contributed by atoms with E-state index in [-0.39, 0.29) is 0 Å². The van der Waals surface area contributed by atoms with E-state index in [9.17, 15) is 0 Å². The molecule has 1 atom stereocenters. The molecule has 2 aromatic heterocycles. The maximum atomic E-state index is 5.99. The molecule has 3 rings (SSSR count). The van der Waals surface area contributed by atoms with Crippen molar-refractivity contribution in [3.8, 4) is 5.69 Å². The molecule has 0 bridgehead atoms. The predicted molar refractivity (Wildman–Crippen MR) is 106 cm³/mol. The second kappa shape index (κ2) is 8.06. The van der Waals surface area contributed by atoms with Crippen LogP contribution in [0, 0.1) is 26.7 Å². The Morgan fingerprint density at radius 3 is 2.54 bits per heavy atom. The summed E-state index contributed by atoms with van der Waals surface area (Å²) in [6, 6.07) is 7.78. The van der Waals surface area contributed by atoms with Gasteiger partial charge in [0.1, 0.15) is 5.82 Å². The molecule has 0 aliphatic carbocycles. The van der Waals surface area contributed by atoms with Gasteiger partial charge in [-0.1, -0.05) is 18.5 Å². The fraction of sp³-hybridized carbons (Fsp3) is 0.400. The maximum absolute atomic E-state index is 5.99. The van der Waals surface area contributed by atoms with Crippen LogP contribution in [0.15, 0.2) is 36.7 Å². The van der Waals surface area contributed by atoms with Crippen LogP contribution >= 0.6 is 11.6 Å². The van der Waals surface area contributed by atoms with Crippen LogP contribution in [0.2, 0.25) is 5.02 Å². The predicted octanol–water partition coefficient (Wildman–Crippen LogP) is 4.07. The highest BCUT2D eigenvalue weighted by atomic mass is 35.5. The summed E-state index contributed by atoms with van der Waals surface area (Å²) in [5.41, 5.74) is 4.51. The summed E-state index contributed by atoms with van der Waals surface area (Å²) in [4.78, 5) is 4.28. The summed E-state index contributed by atoms with van der Waals surface area (Å²) in [7, 11) is 0. The molecule has 5 nitrogen and oxygen atoms in total. The molecule has 1 N–H and O–H groups in total. The molecule has 6 heteroatoms.